The minimum atomic E-state index is -0.980. The van der Waals surface area contributed by atoms with E-state index < -0.39 is 5.41 Å². The molecule has 1 amide bonds. The monoisotopic (exact) mass is 445 g/mol. The normalized spacial score (nSPS) is 18.4. The van der Waals surface area contributed by atoms with Gasteiger partial charge in [-0.3, -0.25) is 4.79 Å². The Kier molecular flexibility index (Phi) is 3.94. The quantitative estimate of drug-likeness (QED) is 0.386. The molecule has 1 atom stereocenters. The Labute approximate surface area is 195 Å². The van der Waals surface area contributed by atoms with Crippen molar-refractivity contribution in [3.8, 4) is 16.9 Å². The summed E-state index contributed by atoms with van der Waals surface area (Å²) in [5.74, 6) is 0.628. The Morgan fingerprint density at radius 2 is 1.65 bits per heavy atom. The van der Waals surface area contributed by atoms with Crippen LogP contribution in [0.2, 0.25) is 0 Å². The maximum absolute atomic E-state index is 14.3. The summed E-state index contributed by atoms with van der Waals surface area (Å²) < 4.78 is 11.1. The number of hydrogen-bond donors (Lipinski definition) is 0. The second-order valence-electron chi connectivity index (χ2n) is 8.70. The Bertz CT molecular complexity index is 1580. The molecule has 0 fully saturated rings. The number of amides is 1. The van der Waals surface area contributed by atoms with E-state index in [1.165, 1.54) is 0 Å². The van der Waals surface area contributed by atoms with Crippen LogP contribution in [-0.4, -0.2) is 22.8 Å². The van der Waals surface area contributed by atoms with Crippen LogP contribution in [0.5, 0.6) is 5.75 Å². The lowest BCUT2D eigenvalue weighted by Gasteiger charge is -2.24. The summed E-state index contributed by atoms with van der Waals surface area (Å²) >= 11 is 0. The molecule has 1 spiro atoms. The Morgan fingerprint density at radius 1 is 0.853 bits per heavy atom. The number of rotatable bonds is 3. The fraction of sp³-hybridized carbons (Fsp3) is 0.107. The van der Waals surface area contributed by atoms with Gasteiger partial charge in [0.15, 0.2) is 0 Å². The molecule has 5 aromatic rings. The number of ether oxygens (including phenoxy) is 1. The molecule has 34 heavy (non-hydrogen) atoms. The molecule has 0 radical (unpaired) electrons. The van der Waals surface area contributed by atoms with Gasteiger partial charge in [-0.05, 0) is 50.8 Å². The van der Waals surface area contributed by atoms with Gasteiger partial charge >= 0.3 is 0 Å². The number of nitrogens with zero attached hydrogens (tertiary/aromatic N) is 3. The van der Waals surface area contributed by atoms with E-state index in [1.807, 2.05) is 71.6 Å². The average molecular weight is 445 g/mol. The SMILES string of the molecule is O=C1N(Cc2ccccc2-c2ccccc2)c2ccccc2C12COc1ccc3nonc3c12. The zero-order valence-electron chi connectivity index (χ0n) is 18.1. The summed E-state index contributed by atoms with van der Waals surface area (Å²) in [6, 6.07) is 30.1. The highest BCUT2D eigenvalue weighted by molar-refractivity contribution is 6.13. The maximum atomic E-state index is 14.3. The van der Waals surface area contributed by atoms with Gasteiger partial charge in [-0.1, -0.05) is 72.8 Å². The fourth-order valence-corrected chi connectivity index (χ4v) is 5.41. The highest BCUT2D eigenvalue weighted by Gasteiger charge is 2.58. The first-order valence-electron chi connectivity index (χ1n) is 11.2. The molecule has 6 heteroatoms. The van der Waals surface area contributed by atoms with Crippen molar-refractivity contribution in [1.29, 1.82) is 0 Å². The number of benzene rings is 4. The zero-order valence-corrected chi connectivity index (χ0v) is 18.1. The smallest absolute Gasteiger partial charge is 0.246 e. The molecule has 4 aromatic carbocycles. The number of carbonyl (C=O) groups is 1. The van der Waals surface area contributed by atoms with Crippen LogP contribution in [0.25, 0.3) is 22.2 Å². The standard InChI is InChI=1S/C28H19N3O3/c32-27-28(17-33-24-15-14-22-26(25(24)28)30-34-29-22)21-12-6-7-13-23(21)31(27)16-19-10-4-5-11-20(19)18-8-2-1-3-9-18/h1-15H,16-17H2. The first-order valence-corrected chi connectivity index (χ1v) is 11.2. The number of hydrogen-bond acceptors (Lipinski definition) is 5. The molecule has 0 N–H and O–H groups in total. The van der Waals surface area contributed by atoms with Gasteiger partial charge in [0.1, 0.15) is 28.8 Å². The third kappa shape index (κ3) is 2.48. The molecule has 2 aliphatic heterocycles. The van der Waals surface area contributed by atoms with E-state index >= 15 is 0 Å². The number of para-hydroxylation sites is 1. The van der Waals surface area contributed by atoms with Crippen LogP contribution in [0.4, 0.5) is 5.69 Å². The van der Waals surface area contributed by atoms with Crippen LogP contribution in [-0.2, 0) is 16.8 Å². The summed E-state index contributed by atoms with van der Waals surface area (Å²) in [4.78, 5) is 16.2. The third-order valence-electron chi connectivity index (χ3n) is 6.96. The Hall–Kier alpha value is -4.45. The van der Waals surface area contributed by atoms with E-state index in [0.29, 0.717) is 23.3 Å². The largest absolute Gasteiger partial charge is 0.491 e. The summed E-state index contributed by atoms with van der Waals surface area (Å²) in [6.45, 7) is 0.673. The topological polar surface area (TPSA) is 68.5 Å². The molecule has 7 rings (SSSR count). The van der Waals surface area contributed by atoms with Crippen LogP contribution < -0.4 is 9.64 Å². The van der Waals surface area contributed by atoms with Crippen LogP contribution in [0.1, 0.15) is 16.7 Å². The van der Waals surface area contributed by atoms with E-state index in [2.05, 4.69) is 34.6 Å². The highest BCUT2D eigenvalue weighted by Crippen LogP contribution is 2.54. The lowest BCUT2D eigenvalue weighted by molar-refractivity contribution is -0.122. The van der Waals surface area contributed by atoms with Crippen LogP contribution in [0.3, 0.4) is 0 Å². The minimum Gasteiger partial charge on any atom is -0.491 e. The van der Waals surface area contributed by atoms with Gasteiger partial charge in [0.25, 0.3) is 0 Å². The lowest BCUT2D eigenvalue weighted by Crippen LogP contribution is -2.42. The van der Waals surface area contributed by atoms with Gasteiger partial charge < -0.3 is 9.64 Å². The minimum absolute atomic E-state index is 0.0224. The maximum Gasteiger partial charge on any atom is 0.246 e. The predicted molar refractivity (Wildman–Crippen MR) is 128 cm³/mol. The molecule has 2 aliphatic rings. The average Bonchev–Trinajstić information content (AvgIpc) is 3.58. The van der Waals surface area contributed by atoms with Crippen molar-refractivity contribution in [2.45, 2.75) is 12.0 Å². The first-order chi connectivity index (χ1) is 16.8. The highest BCUT2D eigenvalue weighted by atomic mass is 16.6. The first kappa shape index (κ1) is 19.1. The van der Waals surface area contributed by atoms with E-state index in [4.69, 9.17) is 9.37 Å². The van der Waals surface area contributed by atoms with Crippen molar-refractivity contribution in [3.63, 3.8) is 0 Å². The molecule has 0 saturated carbocycles. The van der Waals surface area contributed by atoms with Gasteiger partial charge in [-0.15, -0.1) is 0 Å². The molecule has 3 heterocycles. The molecule has 1 unspecified atom stereocenters. The fourth-order valence-electron chi connectivity index (χ4n) is 5.41. The molecular weight excluding hydrogens is 426 g/mol. The van der Waals surface area contributed by atoms with Crippen molar-refractivity contribution in [1.82, 2.24) is 10.3 Å². The molecule has 0 saturated heterocycles. The van der Waals surface area contributed by atoms with Gasteiger partial charge in [0.2, 0.25) is 5.91 Å². The number of fused-ring (bicyclic) bond motifs is 6. The molecule has 0 bridgehead atoms. The summed E-state index contributed by atoms with van der Waals surface area (Å²) in [6.07, 6.45) is 0. The molecular formula is C28H19N3O3. The van der Waals surface area contributed by atoms with Gasteiger partial charge in [-0.25, -0.2) is 4.63 Å². The van der Waals surface area contributed by atoms with Crippen molar-refractivity contribution in [2.24, 2.45) is 0 Å². The lowest BCUT2D eigenvalue weighted by atomic mass is 9.76. The Morgan fingerprint density at radius 3 is 2.56 bits per heavy atom. The van der Waals surface area contributed by atoms with Crippen molar-refractivity contribution < 1.29 is 14.2 Å². The van der Waals surface area contributed by atoms with Gasteiger partial charge in [0.05, 0.1) is 6.54 Å². The van der Waals surface area contributed by atoms with E-state index in [-0.39, 0.29) is 12.5 Å². The Balaban J connectivity index is 1.39. The van der Waals surface area contributed by atoms with Crippen LogP contribution in [0.15, 0.2) is 95.6 Å². The third-order valence-corrected chi connectivity index (χ3v) is 6.96. The van der Waals surface area contributed by atoms with E-state index in [9.17, 15) is 4.79 Å². The van der Waals surface area contributed by atoms with Crippen LogP contribution in [0, 0.1) is 0 Å². The number of carbonyl (C=O) groups excluding carboxylic acids is 1. The number of aromatic nitrogens is 2. The molecule has 164 valence electrons. The molecule has 0 aliphatic carbocycles. The van der Waals surface area contributed by atoms with Crippen LogP contribution >= 0.6 is 0 Å². The molecule has 1 aromatic heterocycles. The van der Waals surface area contributed by atoms with Gasteiger partial charge in [-0.2, -0.15) is 0 Å². The number of anilines is 1. The van der Waals surface area contributed by atoms with Crippen molar-refractivity contribution in [2.75, 3.05) is 11.5 Å². The second-order valence-corrected chi connectivity index (χ2v) is 8.70. The zero-order chi connectivity index (χ0) is 22.7. The van der Waals surface area contributed by atoms with Crippen molar-refractivity contribution in [3.05, 3.63) is 108 Å². The second kappa shape index (κ2) is 7.02. The van der Waals surface area contributed by atoms with E-state index in [0.717, 1.165) is 33.5 Å². The summed E-state index contributed by atoms with van der Waals surface area (Å²) in [5.41, 5.74) is 6.07. The predicted octanol–water partition coefficient (Wildman–Crippen LogP) is 5.12. The summed E-state index contributed by atoms with van der Waals surface area (Å²) in [5, 5.41) is 8.14. The summed E-state index contributed by atoms with van der Waals surface area (Å²) in [7, 11) is 0. The van der Waals surface area contributed by atoms with Crippen molar-refractivity contribution >= 4 is 22.6 Å². The molecule has 6 nitrogen and oxygen atoms in total. The van der Waals surface area contributed by atoms with Gasteiger partial charge in [0, 0.05) is 11.3 Å². The van der Waals surface area contributed by atoms with E-state index in [1.54, 1.807) is 0 Å².